The molecule has 1 unspecified atom stereocenters. The third-order valence-corrected chi connectivity index (χ3v) is 5.32. The van der Waals surface area contributed by atoms with Crippen molar-refractivity contribution in [2.24, 2.45) is 5.92 Å². The topological polar surface area (TPSA) is 89.3 Å². The van der Waals surface area contributed by atoms with Gasteiger partial charge >= 0.3 is 0 Å². The van der Waals surface area contributed by atoms with E-state index in [1.165, 1.54) is 6.07 Å². The molecule has 3 N–H and O–H groups in total. The number of hydrogen-bond donors (Lipinski definition) is 2. The van der Waals surface area contributed by atoms with E-state index >= 15 is 0 Å². The predicted molar refractivity (Wildman–Crippen MR) is 75.0 cm³/mol. The molecule has 1 aliphatic rings. The summed E-state index contributed by atoms with van der Waals surface area (Å²) in [7, 11) is -2.91. The molecule has 1 heterocycles. The molecule has 0 spiro atoms. The molecule has 1 aliphatic heterocycles. The first kappa shape index (κ1) is 14.1. The lowest BCUT2D eigenvalue weighted by molar-refractivity contribution is 0.0948. The number of anilines is 1. The van der Waals surface area contributed by atoms with Crippen molar-refractivity contribution >= 4 is 33.0 Å². The van der Waals surface area contributed by atoms with Crippen molar-refractivity contribution in [3.63, 3.8) is 0 Å². The Labute approximate surface area is 117 Å². The molecule has 0 saturated carbocycles. The average molecular weight is 303 g/mol. The van der Waals surface area contributed by atoms with E-state index in [1.807, 2.05) is 0 Å². The Balaban J connectivity index is 1.93. The number of halogens is 1. The minimum absolute atomic E-state index is 0.00130. The zero-order chi connectivity index (χ0) is 14.0. The van der Waals surface area contributed by atoms with Gasteiger partial charge in [0.05, 0.1) is 22.2 Å². The van der Waals surface area contributed by atoms with Gasteiger partial charge in [-0.25, -0.2) is 8.42 Å². The van der Waals surface area contributed by atoms with Crippen LogP contribution in [-0.2, 0) is 9.84 Å². The van der Waals surface area contributed by atoms with Gasteiger partial charge in [0.1, 0.15) is 0 Å². The highest BCUT2D eigenvalue weighted by molar-refractivity contribution is 7.91. The lowest BCUT2D eigenvalue weighted by Gasteiger charge is -2.10. The van der Waals surface area contributed by atoms with E-state index in [2.05, 4.69) is 5.32 Å². The highest BCUT2D eigenvalue weighted by Crippen LogP contribution is 2.20. The van der Waals surface area contributed by atoms with Crippen molar-refractivity contribution in [2.75, 3.05) is 23.8 Å². The molecule has 0 radical (unpaired) electrons. The second-order valence-corrected chi connectivity index (χ2v) is 7.35. The second-order valence-electron chi connectivity index (χ2n) is 4.72. The van der Waals surface area contributed by atoms with Gasteiger partial charge in [-0.3, -0.25) is 4.79 Å². The molecule has 1 aromatic rings. The molecule has 1 atom stereocenters. The number of carbonyl (C=O) groups excluding carboxylic acids is 1. The Hall–Kier alpha value is -1.27. The summed E-state index contributed by atoms with van der Waals surface area (Å²) in [6.07, 6.45) is 0.603. The Kier molecular flexibility index (Phi) is 4.01. The van der Waals surface area contributed by atoms with Crippen LogP contribution in [0, 0.1) is 5.92 Å². The zero-order valence-corrected chi connectivity index (χ0v) is 11.8. The van der Waals surface area contributed by atoms with Gasteiger partial charge in [0.25, 0.3) is 5.91 Å². The number of sulfone groups is 1. The minimum atomic E-state index is -2.91. The molecule has 0 aromatic heterocycles. The molecular weight excluding hydrogens is 288 g/mol. The summed E-state index contributed by atoms with van der Waals surface area (Å²) in [5.74, 6) is 0.0866. The standard InChI is InChI=1S/C12H15ClN2O3S/c13-10-2-1-9(5-11(10)14)12(16)15-6-8-3-4-19(17,18)7-8/h1-2,5,8H,3-4,6-7,14H2,(H,15,16). The van der Waals surface area contributed by atoms with Crippen LogP contribution in [0.3, 0.4) is 0 Å². The number of nitrogen functional groups attached to an aromatic ring is 1. The molecule has 104 valence electrons. The Morgan fingerprint density at radius 2 is 2.21 bits per heavy atom. The fraction of sp³-hybridized carbons (Fsp3) is 0.417. The highest BCUT2D eigenvalue weighted by atomic mass is 35.5. The Morgan fingerprint density at radius 3 is 2.79 bits per heavy atom. The molecule has 5 nitrogen and oxygen atoms in total. The summed E-state index contributed by atoms with van der Waals surface area (Å²) < 4.78 is 22.6. The van der Waals surface area contributed by atoms with Gasteiger partial charge in [-0.05, 0) is 30.5 Å². The monoisotopic (exact) mass is 302 g/mol. The summed E-state index contributed by atoms with van der Waals surface area (Å²) in [6, 6.07) is 4.65. The highest BCUT2D eigenvalue weighted by Gasteiger charge is 2.27. The van der Waals surface area contributed by atoms with E-state index in [0.717, 1.165) is 0 Å². The molecule has 2 rings (SSSR count). The van der Waals surface area contributed by atoms with Gasteiger partial charge in [-0.15, -0.1) is 0 Å². The summed E-state index contributed by atoms with van der Waals surface area (Å²) in [4.78, 5) is 11.9. The first-order chi connectivity index (χ1) is 8.87. The van der Waals surface area contributed by atoms with E-state index in [0.29, 0.717) is 29.2 Å². The maximum atomic E-state index is 11.9. The van der Waals surface area contributed by atoms with Crippen molar-refractivity contribution in [3.8, 4) is 0 Å². The second kappa shape index (κ2) is 5.38. The first-order valence-electron chi connectivity index (χ1n) is 5.91. The molecule has 0 aliphatic carbocycles. The molecule has 1 fully saturated rings. The van der Waals surface area contributed by atoms with Crippen LogP contribution in [0.15, 0.2) is 18.2 Å². The molecule has 1 aromatic carbocycles. The van der Waals surface area contributed by atoms with Gasteiger partial charge < -0.3 is 11.1 Å². The zero-order valence-electron chi connectivity index (χ0n) is 10.2. The minimum Gasteiger partial charge on any atom is -0.398 e. The van der Waals surface area contributed by atoms with Crippen molar-refractivity contribution in [1.82, 2.24) is 5.32 Å². The van der Waals surface area contributed by atoms with E-state index in [9.17, 15) is 13.2 Å². The normalized spacial score (nSPS) is 21.2. The van der Waals surface area contributed by atoms with Crippen LogP contribution in [0.5, 0.6) is 0 Å². The van der Waals surface area contributed by atoms with Gasteiger partial charge in [0, 0.05) is 12.1 Å². The van der Waals surface area contributed by atoms with Crippen LogP contribution in [0.4, 0.5) is 5.69 Å². The first-order valence-corrected chi connectivity index (χ1v) is 8.11. The summed E-state index contributed by atoms with van der Waals surface area (Å²) >= 11 is 5.77. The number of amides is 1. The van der Waals surface area contributed by atoms with Crippen LogP contribution in [0.1, 0.15) is 16.8 Å². The lowest BCUT2D eigenvalue weighted by atomic mass is 10.1. The van der Waals surface area contributed by atoms with Crippen molar-refractivity contribution in [1.29, 1.82) is 0 Å². The van der Waals surface area contributed by atoms with Crippen LogP contribution < -0.4 is 11.1 Å². The van der Waals surface area contributed by atoms with Crippen LogP contribution in [0.2, 0.25) is 5.02 Å². The number of nitrogens with two attached hydrogens (primary N) is 1. The molecule has 1 amide bonds. The summed E-state index contributed by atoms with van der Waals surface area (Å²) in [6.45, 7) is 0.362. The van der Waals surface area contributed by atoms with Crippen molar-refractivity contribution in [3.05, 3.63) is 28.8 Å². The molecule has 19 heavy (non-hydrogen) atoms. The number of carbonyl (C=O) groups is 1. The third kappa shape index (κ3) is 3.61. The predicted octanol–water partition coefficient (Wildman–Crippen LogP) is 1.09. The molecule has 0 bridgehead atoms. The van der Waals surface area contributed by atoms with Gasteiger partial charge in [0.2, 0.25) is 0 Å². The Morgan fingerprint density at radius 1 is 1.47 bits per heavy atom. The molecule has 7 heteroatoms. The van der Waals surface area contributed by atoms with E-state index < -0.39 is 9.84 Å². The summed E-state index contributed by atoms with van der Waals surface area (Å²) in [5.41, 5.74) is 6.39. The fourth-order valence-corrected chi connectivity index (χ4v) is 4.04. The smallest absolute Gasteiger partial charge is 0.251 e. The van der Waals surface area contributed by atoms with E-state index in [4.69, 9.17) is 17.3 Å². The third-order valence-electron chi connectivity index (χ3n) is 3.14. The van der Waals surface area contributed by atoms with E-state index in [-0.39, 0.29) is 23.3 Å². The molecular formula is C12H15ClN2O3S. The van der Waals surface area contributed by atoms with Crippen molar-refractivity contribution < 1.29 is 13.2 Å². The van der Waals surface area contributed by atoms with Gasteiger partial charge in [0.15, 0.2) is 9.84 Å². The SMILES string of the molecule is Nc1cc(C(=O)NCC2CCS(=O)(=O)C2)ccc1Cl. The fourth-order valence-electron chi connectivity index (χ4n) is 2.06. The van der Waals surface area contributed by atoms with Gasteiger partial charge in [-0.1, -0.05) is 11.6 Å². The van der Waals surface area contributed by atoms with Crippen LogP contribution in [-0.4, -0.2) is 32.4 Å². The number of rotatable bonds is 3. The maximum Gasteiger partial charge on any atom is 0.251 e. The number of benzene rings is 1. The largest absolute Gasteiger partial charge is 0.398 e. The van der Waals surface area contributed by atoms with Crippen LogP contribution in [0.25, 0.3) is 0 Å². The molecule has 1 saturated heterocycles. The van der Waals surface area contributed by atoms with Crippen LogP contribution >= 0.6 is 11.6 Å². The number of nitrogens with one attached hydrogen (secondary N) is 1. The number of hydrogen-bond acceptors (Lipinski definition) is 4. The van der Waals surface area contributed by atoms with E-state index in [1.54, 1.807) is 12.1 Å². The maximum absolute atomic E-state index is 11.9. The average Bonchev–Trinajstić information content (AvgIpc) is 2.69. The quantitative estimate of drug-likeness (QED) is 0.818. The van der Waals surface area contributed by atoms with Crippen molar-refractivity contribution in [2.45, 2.75) is 6.42 Å². The summed E-state index contributed by atoms with van der Waals surface area (Å²) in [5, 5.41) is 3.12. The van der Waals surface area contributed by atoms with Gasteiger partial charge in [-0.2, -0.15) is 0 Å². The lowest BCUT2D eigenvalue weighted by Crippen LogP contribution is -2.29. The Bertz CT molecular complexity index is 601.